The summed E-state index contributed by atoms with van der Waals surface area (Å²) >= 11 is 6.46. The lowest BCUT2D eigenvalue weighted by Gasteiger charge is -2.10. The zero-order valence-corrected chi connectivity index (χ0v) is 18.2. The molecule has 7 nitrogen and oxygen atoms in total. The van der Waals surface area contributed by atoms with Gasteiger partial charge in [0.25, 0.3) is 5.91 Å². The van der Waals surface area contributed by atoms with Crippen molar-refractivity contribution in [2.24, 2.45) is 0 Å². The molecule has 10 heteroatoms. The van der Waals surface area contributed by atoms with E-state index in [2.05, 4.69) is 31.8 Å². The van der Waals surface area contributed by atoms with Crippen LogP contribution < -0.4 is 20.3 Å². The molecule has 0 bridgehead atoms. The topological polar surface area (TPSA) is 89.6 Å². The monoisotopic (exact) mass is 481 g/mol. The van der Waals surface area contributed by atoms with Crippen molar-refractivity contribution in [1.29, 1.82) is 0 Å². The first kappa shape index (κ1) is 20.3. The maximum absolute atomic E-state index is 12.2. The second-order valence-electron chi connectivity index (χ2n) is 5.52. The number of thiophene rings is 1. The first-order chi connectivity index (χ1) is 13.5. The first-order valence-corrected chi connectivity index (χ1v) is 10.6. The summed E-state index contributed by atoms with van der Waals surface area (Å²) in [5.41, 5.74) is 5.76. The molecule has 0 fully saturated rings. The molecule has 0 saturated heterocycles. The Morgan fingerprint density at radius 3 is 2.54 bits per heavy atom. The van der Waals surface area contributed by atoms with E-state index in [0.29, 0.717) is 22.8 Å². The Morgan fingerprint density at radius 2 is 1.86 bits per heavy atom. The number of thiazole rings is 1. The van der Waals surface area contributed by atoms with Gasteiger partial charge in [0.15, 0.2) is 11.5 Å². The van der Waals surface area contributed by atoms with Crippen LogP contribution in [0.3, 0.4) is 0 Å². The minimum absolute atomic E-state index is 0.0647. The van der Waals surface area contributed by atoms with Crippen LogP contribution in [0.15, 0.2) is 39.5 Å². The van der Waals surface area contributed by atoms with Crippen molar-refractivity contribution in [1.82, 2.24) is 15.8 Å². The molecule has 0 aliphatic rings. The van der Waals surface area contributed by atoms with E-state index in [1.807, 2.05) is 16.8 Å². The summed E-state index contributed by atoms with van der Waals surface area (Å²) in [5.74, 6) is 0.117. The second kappa shape index (κ2) is 9.18. The van der Waals surface area contributed by atoms with Gasteiger partial charge in [-0.1, -0.05) is 0 Å². The number of amides is 2. The van der Waals surface area contributed by atoms with Gasteiger partial charge in [-0.25, -0.2) is 4.98 Å². The van der Waals surface area contributed by atoms with E-state index in [0.717, 1.165) is 14.4 Å². The van der Waals surface area contributed by atoms with Gasteiger partial charge < -0.3 is 9.47 Å². The van der Waals surface area contributed by atoms with Gasteiger partial charge in [0.05, 0.1) is 31.2 Å². The van der Waals surface area contributed by atoms with Crippen LogP contribution in [0.4, 0.5) is 0 Å². The summed E-state index contributed by atoms with van der Waals surface area (Å²) in [7, 11) is 3.00. The highest BCUT2D eigenvalue weighted by Crippen LogP contribution is 2.32. The van der Waals surface area contributed by atoms with E-state index in [9.17, 15) is 9.59 Å². The Bertz CT molecular complexity index is 1000. The lowest BCUT2D eigenvalue weighted by molar-refractivity contribution is -0.121. The molecule has 0 atom stereocenters. The van der Waals surface area contributed by atoms with Crippen molar-refractivity contribution in [2.45, 2.75) is 6.42 Å². The largest absolute Gasteiger partial charge is 0.493 e. The Labute approximate surface area is 177 Å². The van der Waals surface area contributed by atoms with E-state index >= 15 is 0 Å². The Balaban J connectivity index is 1.56. The normalized spacial score (nSPS) is 10.4. The lowest BCUT2D eigenvalue weighted by atomic mass is 10.2. The number of ether oxygens (including phenoxy) is 2. The fraction of sp³-hybridized carbons (Fsp3) is 0.167. The second-order valence-corrected chi connectivity index (χ2v) is 8.21. The highest BCUT2D eigenvalue weighted by molar-refractivity contribution is 9.10. The number of hydrazine groups is 1. The van der Waals surface area contributed by atoms with E-state index in [4.69, 9.17) is 9.47 Å². The van der Waals surface area contributed by atoms with Crippen LogP contribution in [0, 0.1) is 0 Å². The van der Waals surface area contributed by atoms with Gasteiger partial charge in [0.2, 0.25) is 5.91 Å². The van der Waals surface area contributed by atoms with Crippen LogP contribution >= 0.6 is 38.6 Å². The van der Waals surface area contributed by atoms with E-state index in [-0.39, 0.29) is 12.3 Å². The smallest absolute Gasteiger partial charge is 0.269 e. The fourth-order valence-corrected chi connectivity index (χ4v) is 4.64. The van der Waals surface area contributed by atoms with Crippen molar-refractivity contribution in [3.05, 3.63) is 50.8 Å². The van der Waals surface area contributed by atoms with Gasteiger partial charge in [-0.15, -0.1) is 22.7 Å². The Hall–Kier alpha value is -2.43. The molecule has 0 radical (unpaired) electrons. The SMILES string of the molecule is COc1ccc(C(=O)NNC(=O)Cc2csc(-c3cc(Br)cs3)n2)cc1OC. The zero-order chi connectivity index (χ0) is 20.1. The van der Waals surface area contributed by atoms with Crippen LogP contribution in [0.2, 0.25) is 0 Å². The summed E-state index contributed by atoms with van der Waals surface area (Å²) in [6.45, 7) is 0. The van der Waals surface area contributed by atoms with Crippen molar-refractivity contribution < 1.29 is 19.1 Å². The minimum Gasteiger partial charge on any atom is -0.493 e. The van der Waals surface area contributed by atoms with Gasteiger partial charge in [-0.05, 0) is 40.2 Å². The van der Waals surface area contributed by atoms with Crippen LogP contribution in [-0.2, 0) is 11.2 Å². The standard InChI is InChI=1S/C18H16BrN3O4S2/c1-25-13-4-3-10(5-14(13)26-2)17(24)22-21-16(23)7-12-9-28-18(20-12)15-6-11(19)8-27-15/h3-6,8-9H,7H2,1-2H3,(H,21,23)(H,22,24). The van der Waals surface area contributed by atoms with E-state index in [1.54, 1.807) is 23.5 Å². The Morgan fingerprint density at radius 1 is 1.07 bits per heavy atom. The minimum atomic E-state index is -0.461. The van der Waals surface area contributed by atoms with Crippen molar-refractivity contribution in [3.8, 4) is 21.4 Å². The molecule has 2 heterocycles. The molecule has 2 amide bonds. The van der Waals surface area contributed by atoms with Crippen LogP contribution in [0.1, 0.15) is 16.1 Å². The maximum Gasteiger partial charge on any atom is 0.269 e. The fourth-order valence-electron chi connectivity index (χ4n) is 2.31. The number of nitrogens with zero attached hydrogens (tertiary/aromatic N) is 1. The molecule has 0 unspecified atom stereocenters. The number of aromatic nitrogens is 1. The molecule has 0 aliphatic heterocycles. The van der Waals surface area contributed by atoms with Gasteiger partial charge in [0, 0.05) is 20.8 Å². The zero-order valence-electron chi connectivity index (χ0n) is 14.9. The molecule has 146 valence electrons. The number of benzene rings is 1. The lowest BCUT2D eigenvalue weighted by Crippen LogP contribution is -2.42. The van der Waals surface area contributed by atoms with Crippen LogP contribution in [-0.4, -0.2) is 31.0 Å². The molecule has 2 N–H and O–H groups in total. The number of methoxy groups -OCH3 is 2. The first-order valence-electron chi connectivity index (χ1n) is 8.00. The van der Waals surface area contributed by atoms with Gasteiger partial charge >= 0.3 is 0 Å². The summed E-state index contributed by atoms with van der Waals surface area (Å²) in [6, 6.07) is 6.72. The van der Waals surface area contributed by atoms with Crippen LogP contribution in [0.5, 0.6) is 11.5 Å². The third-order valence-corrected chi connectivity index (χ3v) is 6.38. The Kier molecular flexibility index (Phi) is 6.65. The highest BCUT2D eigenvalue weighted by atomic mass is 79.9. The van der Waals surface area contributed by atoms with E-state index in [1.165, 1.54) is 31.6 Å². The summed E-state index contributed by atoms with van der Waals surface area (Å²) in [4.78, 5) is 29.8. The molecule has 0 aliphatic carbocycles. The number of rotatable bonds is 6. The molecule has 1 aromatic carbocycles. The van der Waals surface area contributed by atoms with Gasteiger partial charge in [-0.3, -0.25) is 20.4 Å². The van der Waals surface area contributed by atoms with Crippen molar-refractivity contribution in [3.63, 3.8) is 0 Å². The summed E-state index contributed by atoms with van der Waals surface area (Å²) in [6.07, 6.45) is 0.0647. The van der Waals surface area contributed by atoms with Crippen molar-refractivity contribution >= 4 is 50.4 Å². The number of carbonyl (C=O) groups is 2. The van der Waals surface area contributed by atoms with Gasteiger partial charge in [-0.2, -0.15) is 0 Å². The predicted molar refractivity (Wildman–Crippen MR) is 112 cm³/mol. The molecule has 3 aromatic rings. The van der Waals surface area contributed by atoms with E-state index < -0.39 is 5.91 Å². The maximum atomic E-state index is 12.2. The molecule has 3 rings (SSSR count). The van der Waals surface area contributed by atoms with Crippen molar-refractivity contribution in [2.75, 3.05) is 14.2 Å². The predicted octanol–water partition coefficient (Wildman–Crippen LogP) is 3.66. The third-order valence-electron chi connectivity index (χ3n) is 3.63. The molecule has 2 aromatic heterocycles. The molecule has 28 heavy (non-hydrogen) atoms. The molecular weight excluding hydrogens is 466 g/mol. The molecule has 0 saturated carbocycles. The highest BCUT2D eigenvalue weighted by Gasteiger charge is 2.13. The number of nitrogens with one attached hydrogen (secondary N) is 2. The number of carbonyl (C=O) groups excluding carboxylic acids is 2. The summed E-state index contributed by atoms with van der Waals surface area (Å²) < 4.78 is 11.3. The average molecular weight is 482 g/mol. The van der Waals surface area contributed by atoms with Crippen LogP contribution in [0.25, 0.3) is 9.88 Å². The quantitative estimate of drug-likeness (QED) is 0.524. The average Bonchev–Trinajstić information content (AvgIpc) is 3.34. The molecule has 0 spiro atoms. The number of hydrogen-bond donors (Lipinski definition) is 2. The molecular formula is C18H16BrN3O4S2. The number of hydrogen-bond acceptors (Lipinski definition) is 7. The summed E-state index contributed by atoms with van der Waals surface area (Å²) in [5, 5.41) is 4.67. The third kappa shape index (κ3) is 4.89. The number of halogens is 1. The van der Waals surface area contributed by atoms with Gasteiger partial charge in [0.1, 0.15) is 5.01 Å².